The van der Waals surface area contributed by atoms with E-state index in [-0.39, 0.29) is 0 Å². The molecule has 0 amide bonds. The molecule has 1 saturated carbocycles. The maximum atomic E-state index is 4.89. The van der Waals surface area contributed by atoms with Crippen LogP contribution in [0.4, 0.5) is 0 Å². The number of hydrogen-bond acceptors (Lipinski definition) is 3. The average Bonchev–Trinajstić information content (AvgIpc) is 2.69. The van der Waals surface area contributed by atoms with Crippen LogP contribution in [0.3, 0.4) is 0 Å². The highest BCUT2D eigenvalue weighted by Gasteiger charge is 2.15. The zero-order valence-electron chi connectivity index (χ0n) is 16.0. The van der Waals surface area contributed by atoms with Gasteiger partial charge < -0.3 is 5.32 Å². The molecule has 0 unspecified atom stereocenters. The topological polar surface area (TPSA) is 37.8 Å². The van der Waals surface area contributed by atoms with Crippen molar-refractivity contribution in [1.29, 1.82) is 0 Å². The third-order valence-corrected chi connectivity index (χ3v) is 5.45. The molecule has 0 bridgehead atoms. The lowest BCUT2D eigenvalue weighted by atomic mass is 9.95. The van der Waals surface area contributed by atoms with Gasteiger partial charge in [-0.3, -0.25) is 4.98 Å². The standard InChI is InChI=1S/C24H27N3/c1-17-14-19(12-13-25-17)15-20-16-24(27-23-11-7-6-10-22(20)23)18(2)26-21-8-4-3-5-9-21/h6-7,10-14,16,21,26H,2-5,8-9,15H2,1H3. The second-order valence-electron chi connectivity index (χ2n) is 7.62. The lowest BCUT2D eigenvalue weighted by Gasteiger charge is -2.25. The third kappa shape index (κ3) is 4.19. The zero-order valence-corrected chi connectivity index (χ0v) is 16.0. The van der Waals surface area contributed by atoms with E-state index in [1.54, 1.807) is 0 Å². The van der Waals surface area contributed by atoms with Crippen molar-refractivity contribution in [1.82, 2.24) is 15.3 Å². The molecule has 1 aromatic carbocycles. The summed E-state index contributed by atoms with van der Waals surface area (Å²) in [4.78, 5) is 9.20. The number of nitrogens with zero attached hydrogens (tertiary/aromatic N) is 2. The maximum Gasteiger partial charge on any atom is 0.0865 e. The summed E-state index contributed by atoms with van der Waals surface area (Å²) >= 11 is 0. The predicted octanol–water partition coefficient (Wildman–Crippen LogP) is 5.42. The molecule has 0 saturated heterocycles. The van der Waals surface area contributed by atoms with Gasteiger partial charge in [-0.1, -0.05) is 44.0 Å². The number of pyridine rings is 2. The normalized spacial score (nSPS) is 15.0. The summed E-state index contributed by atoms with van der Waals surface area (Å²) in [6.45, 7) is 6.34. The highest BCUT2D eigenvalue weighted by molar-refractivity contribution is 5.84. The van der Waals surface area contributed by atoms with Crippen LogP contribution in [0.15, 0.2) is 55.2 Å². The highest BCUT2D eigenvalue weighted by atomic mass is 14.9. The monoisotopic (exact) mass is 357 g/mol. The minimum absolute atomic E-state index is 0.533. The molecule has 138 valence electrons. The van der Waals surface area contributed by atoms with Crippen LogP contribution >= 0.6 is 0 Å². The Hall–Kier alpha value is -2.68. The van der Waals surface area contributed by atoms with E-state index in [9.17, 15) is 0 Å². The molecule has 2 heterocycles. The number of aromatic nitrogens is 2. The predicted molar refractivity (Wildman–Crippen MR) is 113 cm³/mol. The van der Waals surface area contributed by atoms with Crippen molar-refractivity contribution in [2.75, 3.05) is 0 Å². The molecular weight excluding hydrogens is 330 g/mol. The number of aryl methyl sites for hydroxylation is 1. The van der Waals surface area contributed by atoms with Gasteiger partial charge in [0.2, 0.25) is 0 Å². The summed E-state index contributed by atoms with van der Waals surface area (Å²) in [7, 11) is 0. The van der Waals surface area contributed by atoms with E-state index < -0.39 is 0 Å². The first-order chi connectivity index (χ1) is 13.2. The summed E-state index contributed by atoms with van der Waals surface area (Å²) in [5.74, 6) is 0. The van der Waals surface area contributed by atoms with Gasteiger partial charge in [0, 0.05) is 23.3 Å². The Morgan fingerprint density at radius 1 is 1.11 bits per heavy atom. The molecule has 27 heavy (non-hydrogen) atoms. The Morgan fingerprint density at radius 3 is 2.74 bits per heavy atom. The van der Waals surface area contributed by atoms with Gasteiger partial charge in [-0.25, -0.2) is 4.98 Å². The first kappa shape index (κ1) is 17.7. The number of benzene rings is 1. The quantitative estimate of drug-likeness (QED) is 0.662. The van der Waals surface area contributed by atoms with Crippen LogP contribution in [-0.4, -0.2) is 16.0 Å². The third-order valence-electron chi connectivity index (χ3n) is 5.45. The molecule has 1 N–H and O–H groups in total. The second kappa shape index (κ2) is 7.91. The fraction of sp³-hybridized carbons (Fsp3) is 0.333. The summed E-state index contributed by atoms with van der Waals surface area (Å²) < 4.78 is 0. The maximum absolute atomic E-state index is 4.89. The van der Waals surface area contributed by atoms with Crippen molar-refractivity contribution >= 4 is 16.6 Å². The smallest absolute Gasteiger partial charge is 0.0865 e. The van der Waals surface area contributed by atoms with Gasteiger partial charge in [-0.05, 0) is 61.6 Å². The Bertz CT molecular complexity index is 955. The van der Waals surface area contributed by atoms with Gasteiger partial charge >= 0.3 is 0 Å². The van der Waals surface area contributed by atoms with Crippen molar-refractivity contribution in [3.8, 4) is 0 Å². The van der Waals surface area contributed by atoms with E-state index in [0.717, 1.165) is 29.0 Å². The molecule has 4 rings (SSSR count). The molecule has 1 aliphatic carbocycles. The largest absolute Gasteiger partial charge is 0.381 e. The van der Waals surface area contributed by atoms with Gasteiger partial charge in [-0.2, -0.15) is 0 Å². The molecule has 0 radical (unpaired) electrons. The molecule has 1 aliphatic rings. The summed E-state index contributed by atoms with van der Waals surface area (Å²) in [6, 6.07) is 15.4. The molecule has 1 fully saturated rings. The summed E-state index contributed by atoms with van der Waals surface area (Å²) in [5.41, 5.74) is 6.54. The van der Waals surface area contributed by atoms with Crippen molar-refractivity contribution in [3.05, 3.63) is 77.8 Å². The van der Waals surface area contributed by atoms with Crippen molar-refractivity contribution in [3.63, 3.8) is 0 Å². The van der Waals surface area contributed by atoms with Crippen LogP contribution in [0.25, 0.3) is 16.6 Å². The fourth-order valence-corrected chi connectivity index (χ4v) is 4.05. The van der Waals surface area contributed by atoms with E-state index in [2.05, 4.69) is 59.3 Å². The minimum atomic E-state index is 0.533. The average molecular weight is 358 g/mol. The molecular formula is C24H27N3. The van der Waals surface area contributed by atoms with E-state index in [4.69, 9.17) is 4.98 Å². The van der Waals surface area contributed by atoms with Crippen LogP contribution < -0.4 is 5.32 Å². The van der Waals surface area contributed by atoms with E-state index in [1.807, 2.05) is 13.1 Å². The van der Waals surface area contributed by atoms with Crippen LogP contribution in [0, 0.1) is 6.92 Å². The van der Waals surface area contributed by atoms with Crippen LogP contribution in [-0.2, 0) is 6.42 Å². The number of nitrogens with one attached hydrogen (secondary N) is 1. The van der Waals surface area contributed by atoms with Gasteiger partial charge in [0.05, 0.1) is 16.9 Å². The molecule has 0 spiro atoms. The second-order valence-corrected chi connectivity index (χ2v) is 7.62. The van der Waals surface area contributed by atoms with E-state index in [1.165, 1.54) is 48.6 Å². The molecule has 3 heteroatoms. The molecule has 3 aromatic rings. The Balaban J connectivity index is 1.66. The summed E-state index contributed by atoms with van der Waals surface area (Å²) in [5, 5.41) is 4.84. The highest BCUT2D eigenvalue weighted by Crippen LogP contribution is 2.25. The number of fused-ring (bicyclic) bond motifs is 1. The first-order valence-electron chi connectivity index (χ1n) is 9.95. The van der Waals surface area contributed by atoms with Crippen LogP contribution in [0.2, 0.25) is 0 Å². The Labute approximate surface area is 161 Å². The SMILES string of the molecule is C=C(NC1CCCCC1)c1cc(Cc2ccnc(C)c2)c2ccccc2n1. The Morgan fingerprint density at radius 2 is 1.93 bits per heavy atom. The minimum Gasteiger partial charge on any atom is -0.381 e. The van der Waals surface area contributed by atoms with Gasteiger partial charge in [0.15, 0.2) is 0 Å². The number of hydrogen-bond donors (Lipinski definition) is 1. The molecule has 2 aromatic heterocycles. The van der Waals surface area contributed by atoms with Crippen LogP contribution in [0.1, 0.15) is 54.6 Å². The van der Waals surface area contributed by atoms with Crippen LogP contribution in [0.5, 0.6) is 0 Å². The number of rotatable bonds is 5. The fourth-order valence-electron chi connectivity index (χ4n) is 4.05. The zero-order chi connectivity index (χ0) is 18.6. The van der Waals surface area contributed by atoms with Gasteiger partial charge in [0.1, 0.15) is 0 Å². The lowest BCUT2D eigenvalue weighted by molar-refractivity contribution is 0.409. The van der Waals surface area contributed by atoms with Gasteiger partial charge in [0.25, 0.3) is 0 Å². The first-order valence-corrected chi connectivity index (χ1v) is 9.95. The van der Waals surface area contributed by atoms with Crippen molar-refractivity contribution in [2.45, 2.75) is 51.5 Å². The molecule has 3 nitrogen and oxygen atoms in total. The summed E-state index contributed by atoms with van der Waals surface area (Å²) in [6.07, 6.45) is 9.19. The van der Waals surface area contributed by atoms with Gasteiger partial charge in [-0.15, -0.1) is 0 Å². The lowest BCUT2D eigenvalue weighted by Crippen LogP contribution is -2.29. The van der Waals surface area contributed by atoms with Crippen molar-refractivity contribution in [2.24, 2.45) is 0 Å². The molecule has 0 atom stereocenters. The number of para-hydroxylation sites is 1. The van der Waals surface area contributed by atoms with E-state index in [0.29, 0.717) is 6.04 Å². The Kier molecular flexibility index (Phi) is 5.19. The van der Waals surface area contributed by atoms with Crippen molar-refractivity contribution < 1.29 is 0 Å². The molecule has 0 aliphatic heterocycles. The van der Waals surface area contributed by atoms with E-state index >= 15 is 0 Å².